The van der Waals surface area contributed by atoms with Gasteiger partial charge in [0.05, 0.1) is 11.8 Å². The van der Waals surface area contributed by atoms with Gasteiger partial charge in [0.15, 0.2) is 0 Å². The van der Waals surface area contributed by atoms with Gasteiger partial charge in [-0.3, -0.25) is 9.78 Å². The number of carbonyl (C=O) groups excluding carboxylic acids is 1. The van der Waals surface area contributed by atoms with Gasteiger partial charge in [-0.25, -0.2) is 5.43 Å². The minimum absolute atomic E-state index is 0.187. The number of hydrazone groups is 1. The Hall–Kier alpha value is -2.01. The summed E-state index contributed by atoms with van der Waals surface area (Å²) in [5.41, 5.74) is 4.06. The molecule has 0 aromatic carbocycles. The van der Waals surface area contributed by atoms with E-state index in [1.165, 1.54) is 4.88 Å². The molecule has 0 unspecified atom stereocenters. The largest absolute Gasteiger partial charge is 0.272 e. The van der Waals surface area contributed by atoms with Crippen LogP contribution in [0.4, 0.5) is 0 Å². The van der Waals surface area contributed by atoms with Crippen molar-refractivity contribution in [1.82, 2.24) is 10.4 Å². The van der Waals surface area contributed by atoms with Crippen molar-refractivity contribution in [2.45, 2.75) is 19.8 Å². The zero-order valence-corrected chi connectivity index (χ0v) is 11.6. The lowest BCUT2D eigenvalue weighted by atomic mass is 10.1. The molecule has 0 aliphatic carbocycles. The first-order chi connectivity index (χ1) is 9.16. The van der Waals surface area contributed by atoms with Crippen molar-refractivity contribution >= 4 is 23.5 Å². The molecule has 0 saturated carbocycles. The number of amides is 1. The summed E-state index contributed by atoms with van der Waals surface area (Å²) in [5.74, 6) is 0.250. The highest BCUT2D eigenvalue weighted by Crippen LogP contribution is 2.22. The second-order valence-electron chi connectivity index (χ2n) is 4.37. The maximum Gasteiger partial charge on any atom is 0.272 e. The van der Waals surface area contributed by atoms with Crippen LogP contribution in [0.15, 0.2) is 41.1 Å². The summed E-state index contributed by atoms with van der Waals surface area (Å²) in [6.07, 6.45) is 4.95. The lowest BCUT2D eigenvalue weighted by molar-refractivity contribution is 0.0955. The van der Waals surface area contributed by atoms with Crippen molar-refractivity contribution in [1.29, 1.82) is 0 Å². The molecule has 1 N–H and O–H groups in total. The molecule has 2 rings (SSSR count). The molecule has 0 aliphatic rings. The van der Waals surface area contributed by atoms with Crippen molar-refractivity contribution in [3.05, 3.63) is 52.0 Å². The second kappa shape index (κ2) is 6.24. The van der Waals surface area contributed by atoms with Gasteiger partial charge in [0.2, 0.25) is 0 Å². The molecule has 5 heteroatoms. The first-order valence-electron chi connectivity index (χ1n) is 5.98. The third-order valence-electron chi connectivity index (χ3n) is 2.54. The molecule has 4 nitrogen and oxygen atoms in total. The van der Waals surface area contributed by atoms with E-state index < -0.39 is 0 Å². The van der Waals surface area contributed by atoms with Gasteiger partial charge in [0.25, 0.3) is 5.91 Å². The molecule has 0 saturated heterocycles. The van der Waals surface area contributed by atoms with Crippen LogP contribution >= 0.6 is 11.3 Å². The quantitative estimate of drug-likeness (QED) is 0.687. The van der Waals surface area contributed by atoms with E-state index in [4.69, 9.17) is 0 Å². The van der Waals surface area contributed by atoms with Crippen molar-refractivity contribution in [2.24, 2.45) is 5.10 Å². The van der Waals surface area contributed by atoms with Gasteiger partial charge >= 0.3 is 0 Å². The fraction of sp³-hybridized carbons (Fsp3) is 0.214. The van der Waals surface area contributed by atoms with Gasteiger partial charge < -0.3 is 0 Å². The zero-order chi connectivity index (χ0) is 13.7. The Balaban J connectivity index is 1.96. The number of thiophene rings is 1. The SMILES string of the molecule is CC(C)c1cc(C(=O)N/N=C/c2ccncc2)cs1. The molecule has 0 spiro atoms. The number of hydrogen-bond donors (Lipinski definition) is 1. The van der Waals surface area contributed by atoms with Crippen molar-refractivity contribution in [3.63, 3.8) is 0 Å². The fourth-order valence-electron chi connectivity index (χ4n) is 1.45. The normalized spacial score (nSPS) is 11.1. The molecule has 0 radical (unpaired) electrons. The molecule has 2 aromatic rings. The highest BCUT2D eigenvalue weighted by atomic mass is 32.1. The Labute approximate surface area is 116 Å². The van der Waals surface area contributed by atoms with Gasteiger partial charge in [-0.15, -0.1) is 11.3 Å². The minimum atomic E-state index is -0.187. The van der Waals surface area contributed by atoms with Crippen molar-refractivity contribution in [3.8, 4) is 0 Å². The van der Waals surface area contributed by atoms with Gasteiger partial charge in [0.1, 0.15) is 0 Å². The second-order valence-corrected chi connectivity index (χ2v) is 5.31. The van der Waals surface area contributed by atoms with E-state index in [1.807, 2.05) is 23.6 Å². The average Bonchev–Trinajstić information content (AvgIpc) is 2.89. The predicted octanol–water partition coefficient (Wildman–Crippen LogP) is 3.03. The molecule has 19 heavy (non-hydrogen) atoms. The van der Waals surface area contributed by atoms with Crippen molar-refractivity contribution in [2.75, 3.05) is 0 Å². The number of nitrogens with one attached hydrogen (secondary N) is 1. The van der Waals surface area contributed by atoms with Crippen LogP contribution in [0.25, 0.3) is 0 Å². The zero-order valence-electron chi connectivity index (χ0n) is 10.8. The Bertz CT molecular complexity index is 575. The summed E-state index contributed by atoms with van der Waals surface area (Å²) < 4.78 is 0. The predicted molar refractivity (Wildman–Crippen MR) is 77.7 cm³/mol. The summed E-state index contributed by atoms with van der Waals surface area (Å²) in [5, 5.41) is 5.78. The maximum atomic E-state index is 11.8. The van der Waals surface area contributed by atoms with E-state index in [2.05, 4.69) is 29.4 Å². The maximum absolute atomic E-state index is 11.8. The molecule has 0 atom stereocenters. The van der Waals surface area contributed by atoms with E-state index >= 15 is 0 Å². The van der Waals surface area contributed by atoms with Crippen LogP contribution in [0.5, 0.6) is 0 Å². The van der Waals surface area contributed by atoms with Crippen LogP contribution < -0.4 is 5.43 Å². The summed E-state index contributed by atoms with van der Waals surface area (Å²) in [6, 6.07) is 5.54. The fourth-order valence-corrected chi connectivity index (χ4v) is 2.36. The molecule has 0 bridgehead atoms. The lowest BCUT2D eigenvalue weighted by Gasteiger charge is -1.98. The Morgan fingerprint density at radius 3 is 2.79 bits per heavy atom. The van der Waals surface area contributed by atoms with Gasteiger partial charge in [-0.05, 0) is 29.7 Å². The van der Waals surface area contributed by atoms with E-state index in [9.17, 15) is 4.79 Å². The molecule has 2 aromatic heterocycles. The standard InChI is InChI=1S/C14H15N3OS/c1-10(2)13-7-12(9-19-13)14(18)17-16-8-11-3-5-15-6-4-11/h3-10H,1-2H3,(H,17,18)/b16-8+. The third-order valence-corrected chi connectivity index (χ3v) is 3.77. The summed E-state index contributed by atoms with van der Waals surface area (Å²) in [6.45, 7) is 4.21. The number of hydrogen-bond acceptors (Lipinski definition) is 4. The van der Waals surface area contributed by atoms with Crippen LogP contribution in [0.1, 0.15) is 40.6 Å². The van der Waals surface area contributed by atoms with Gasteiger partial charge in [-0.1, -0.05) is 13.8 Å². The third kappa shape index (κ3) is 3.72. The highest BCUT2D eigenvalue weighted by molar-refractivity contribution is 7.10. The molecule has 2 heterocycles. The summed E-state index contributed by atoms with van der Waals surface area (Å²) in [4.78, 5) is 16.9. The average molecular weight is 273 g/mol. The van der Waals surface area contributed by atoms with Crippen LogP contribution in [-0.4, -0.2) is 17.1 Å². The first kappa shape index (κ1) is 13.4. The number of pyridine rings is 1. The van der Waals surface area contributed by atoms with Gasteiger partial charge in [-0.2, -0.15) is 5.10 Å². The Morgan fingerprint density at radius 1 is 1.42 bits per heavy atom. The van der Waals surface area contributed by atoms with E-state index in [0.717, 1.165) is 5.56 Å². The molecule has 0 aliphatic heterocycles. The van der Waals surface area contributed by atoms with E-state index in [-0.39, 0.29) is 5.91 Å². The first-order valence-corrected chi connectivity index (χ1v) is 6.86. The highest BCUT2D eigenvalue weighted by Gasteiger charge is 2.09. The Kier molecular flexibility index (Phi) is 4.41. The topological polar surface area (TPSA) is 54.4 Å². The smallest absolute Gasteiger partial charge is 0.267 e. The number of carbonyl (C=O) groups is 1. The number of rotatable bonds is 4. The van der Waals surface area contributed by atoms with Gasteiger partial charge in [0, 0.05) is 22.7 Å². The van der Waals surface area contributed by atoms with E-state index in [0.29, 0.717) is 11.5 Å². The molecule has 98 valence electrons. The van der Waals surface area contributed by atoms with Crippen LogP contribution in [0, 0.1) is 0 Å². The molecular formula is C14H15N3OS. The van der Waals surface area contributed by atoms with Crippen LogP contribution in [-0.2, 0) is 0 Å². The monoisotopic (exact) mass is 273 g/mol. The van der Waals surface area contributed by atoms with E-state index in [1.54, 1.807) is 29.9 Å². The molecular weight excluding hydrogens is 258 g/mol. The molecule has 0 fully saturated rings. The Morgan fingerprint density at radius 2 is 2.16 bits per heavy atom. The summed E-state index contributed by atoms with van der Waals surface area (Å²) in [7, 11) is 0. The van der Waals surface area contributed by atoms with Crippen LogP contribution in [0.2, 0.25) is 0 Å². The molecule has 1 amide bonds. The van der Waals surface area contributed by atoms with Crippen LogP contribution in [0.3, 0.4) is 0 Å². The minimum Gasteiger partial charge on any atom is -0.267 e. The summed E-state index contributed by atoms with van der Waals surface area (Å²) >= 11 is 1.59. The lowest BCUT2D eigenvalue weighted by Crippen LogP contribution is -2.16. The van der Waals surface area contributed by atoms with Crippen molar-refractivity contribution < 1.29 is 4.79 Å². The number of nitrogens with zero attached hydrogens (tertiary/aromatic N) is 2. The number of aromatic nitrogens is 1.